The van der Waals surface area contributed by atoms with Gasteiger partial charge < -0.3 is 9.47 Å². The second-order valence-electron chi connectivity index (χ2n) is 5.84. The van der Waals surface area contributed by atoms with E-state index in [-0.39, 0.29) is 5.79 Å². The molecule has 0 radical (unpaired) electrons. The van der Waals surface area contributed by atoms with Gasteiger partial charge in [0.1, 0.15) is 12.7 Å². The van der Waals surface area contributed by atoms with Crippen molar-refractivity contribution in [3.63, 3.8) is 0 Å². The number of hydrogen-bond donors (Lipinski definition) is 0. The highest BCUT2D eigenvalue weighted by Crippen LogP contribution is 2.42. The molecule has 21 heavy (non-hydrogen) atoms. The van der Waals surface area contributed by atoms with Crippen LogP contribution in [-0.4, -0.2) is 33.8 Å². The molecule has 1 aliphatic heterocycles. The first-order valence-electron chi connectivity index (χ1n) is 7.58. The summed E-state index contributed by atoms with van der Waals surface area (Å²) in [6.45, 7) is 1.50. The monoisotopic (exact) mass is 285 g/mol. The van der Waals surface area contributed by atoms with Gasteiger partial charge in [0, 0.05) is 18.5 Å². The van der Waals surface area contributed by atoms with Gasteiger partial charge >= 0.3 is 0 Å². The Hall–Kier alpha value is -1.72. The maximum Gasteiger partial charge on any atom is 0.168 e. The van der Waals surface area contributed by atoms with E-state index in [4.69, 9.17) is 9.47 Å². The fraction of sp³-hybridized carbons (Fsp3) is 0.500. The summed E-state index contributed by atoms with van der Waals surface area (Å²) >= 11 is 0. The molecule has 1 spiro atoms. The first-order valence-corrected chi connectivity index (χ1v) is 7.58. The molecular formula is C16H19N3O2. The van der Waals surface area contributed by atoms with E-state index in [2.05, 4.69) is 34.5 Å². The molecule has 110 valence electrons. The highest BCUT2D eigenvalue weighted by Gasteiger charge is 2.40. The minimum absolute atomic E-state index is 0.265. The van der Waals surface area contributed by atoms with Crippen molar-refractivity contribution in [2.45, 2.75) is 37.4 Å². The first kappa shape index (κ1) is 13.0. The van der Waals surface area contributed by atoms with Crippen LogP contribution in [0.2, 0.25) is 0 Å². The Labute approximate surface area is 123 Å². The summed E-state index contributed by atoms with van der Waals surface area (Å²) in [5.74, 6) is 0.345. The number of rotatable bonds is 2. The van der Waals surface area contributed by atoms with Crippen molar-refractivity contribution in [1.82, 2.24) is 14.8 Å². The SMILES string of the molecule is c1cc(-n2cnnc2)ccc1C1CCC2(CC1)OCCO2. The molecule has 1 saturated carbocycles. The van der Waals surface area contributed by atoms with Crippen molar-refractivity contribution in [3.05, 3.63) is 42.5 Å². The fourth-order valence-corrected chi connectivity index (χ4v) is 3.43. The molecule has 2 heterocycles. The highest BCUT2D eigenvalue weighted by atomic mass is 16.7. The second-order valence-corrected chi connectivity index (χ2v) is 5.84. The Morgan fingerprint density at radius 3 is 2.19 bits per heavy atom. The summed E-state index contributed by atoms with van der Waals surface area (Å²) in [5, 5.41) is 7.67. The maximum absolute atomic E-state index is 5.79. The minimum Gasteiger partial charge on any atom is -0.348 e. The molecule has 0 unspecified atom stereocenters. The zero-order valence-electron chi connectivity index (χ0n) is 11.9. The highest BCUT2D eigenvalue weighted by molar-refractivity contribution is 5.35. The minimum atomic E-state index is -0.265. The van der Waals surface area contributed by atoms with Crippen molar-refractivity contribution in [1.29, 1.82) is 0 Å². The molecule has 0 atom stereocenters. The zero-order valence-corrected chi connectivity index (χ0v) is 11.9. The van der Waals surface area contributed by atoms with E-state index < -0.39 is 0 Å². The first-order chi connectivity index (χ1) is 10.3. The lowest BCUT2D eigenvalue weighted by Gasteiger charge is -2.35. The lowest BCUT2D eigenvalue weighted by molar-refractivity contribution is -0.178. The smallest absolute Gasteiger partial charge is 0.168 e. The van der Waals surface area contributed by atoms with Crippen molar-refractivity contribution in [2.24, 2.45) is 0 Å². The Bertz CT molecular complexity index is 578. The molecule has 2 aliphatic rings. The third-order valence-corrected chi connectivity index (χ3v) is 4.64. The molecule has 0 N–H and O–H groups in total. The maximum atomic E-state index is 5.79. The third kappa shape index (κ3) is 2.47. The number of ether oxygens (including phenoxy) is 2. The molecule has 5 nitrogen and oxygen atoms in total. The molecule has 1 aromatic carbocycles. The zero-order chi connectivity index (χ0) is 14.1. The normalized spacial score (nSPS) is 21.9. The molecule has 5 heteroatoms. The average Bonchev–Trinajstić information content (AvgIpc) is 3.21. The summed E-state index contributed by atoms with van der Waals surface area (Å²) in [6.07, 6.45) is 7.70. The van der Waals surface area contributed by atoms with E-state index in [0.29, 0.717) is 5.92 Å². The Morgan fingerprint density at radius 2 is 1.57 bits per heavy atom. The van der Waals surface area contributed by atoms with E-state index in [9.17, 15) is 0 Å². The van der Waals surface area contributed by atoms with Crippen LogP contribution in [0, 0.1) is 0 Å². The van der Waals surface area contributed by atoms with Crippen LogP contribution in [0.25, 0.3) is 5.69 Å². The standard InChI is InChI=1S/C16H19N3O2/c1-3-15(19-11-17-18-12-19)4-2-13(1)14-5-7-16(8-6-14)20-9-10-21-16/h1-4,11-12,14H,5-10H2. The molecule has 1 aliphatic carbocycles. The number of hydrogen-bond acceptors (Lipinski definition) is 4. The summed E-state index contributed by atoms with van der Waals surface area (Å²) in [7, 11) is 0. The van der Waals surface area contributed by atoms with Crippen molar-refractivity contribution >= 4 is 0 Å². The summed E-state index contributed by atoms with van der Waals surface area (Å²) in [6, 6.07) is 8.69. The predicted molar refractivity (Wildman–Crippen MR) is 77.2 cm³/mol. The quantitative estimate of drug-likeness (QED) is 0.851. The molecule has 0 amide bonds. The van der Waals surface area contributed by atoms with Gasteiger partial charge in [0.05, 0.1) is 13.2 Å². The van der Waals surface area contributed by atoms with E-state index >= 15 is 0 Å². The van der Waals surface area contributed by atoms with Gasteiger partial charge in [0.15, 0.2) is 5.79 Å². The molecule has 2 aromatic rings. The van der Waals surface area contributed by atoms with Gasteiger partial charge in [-0.25, -0.2) is 0 Å². The number of aromatic nitrogens is 3. The Balaban J connectivity index is 1.45. The second kappa shape index (κ2) is 5.24. The van der Waals surface area contributed by atoms with Crippen LogP contribution in [0.4, 0.5) is 0 Å². The van der Waals surface area contributed by atoms with Crippen LogP contribution in [0.1, 0.15) is 37.2 Å². The summed E-state index contributed by atoms with van der Waals surface area (Å²) in [5.41, 5.74) is 2.50. The van der Waals surface area contributed by atoms with Gasteiger partial charge in [0.25, 0.3) is 0 Å². The van der Waals surface area contributed by atoms with Crippen molar-refractivity contribution in [3.8, 4) is 5.69 Å². The Morgan fingerprint density at radius 1 is 0.952 bits per heavy atom. The van der Waals surface area contributed by atoms with Gasteiger partial charge in [-0.3, -0.25) is 4.57 Å². The number of nitrogens with zero attached hydrogens (tertiary/aromatic N) is 3. The van der Waals surface area contributed by atoms with Crippen LogP contribution in [0.3, 0.4) is 0 Å². The lowest BCUT2D eigenvalue weighted by Crippen LogP contribution is -2.34. The van der Waals surface area contributed by atoms with Crippen LogP contribution in [-0.2, 0) is 9.47 Å². The van der Waals surface area contributed by atoms with Gasteiger partial charge in [-0.05, 0) is 36.5 Å². The van der Waals surface area contributed by atoms with E-state index in [1.807, 2.05) is 4.57 Å². The predicted octanol–water partition coefficient (Wildman–Crippen LogP) is 2.67. The van der Waals surface area contributed by atoms with Crippen LogP contribution >= 0.6 is 0 Å². The van der Waals surface area contributed by atoms with Crippen LogP contribution in [0.15, 0.2) is 36.9 Å². The average molecular weight is 285 g/mol. The van der Waals surface area contributed by atoms with Crippen molar-refractivity contribution in [2.75, 3.05) is 13.2 Å². The largest absolute Gasteiger partial charge is 0.348 e. The van der Waals surface area contributed by atoms with Gasteiger partial charge in [-0.2, -0.15) is 0 Å². The molecule has 1 aromatic heterocycles. The summed E-state index contributed by atoms with van der Waals surface area (Å²) in [4.78, 5) is 0. The molecule has 0 bridgehead atoms. The van der Waals surface area contributed by atoms with Gasteiger partial charge in [0.2, 0.25) is 0 Å². The van der Waals surface area contributed by atoms with E-state index in [1.165, 1.54) is 5.56 Å². The molecule has 2 fully saturated rings. The van der Waals surface area contributed by atoms with E-state index in [0.717, 1.165) is 44.6 Å². The van der Waals surface area contributed by atoms with Gasteiger partial charge in [-0.15, -0.1) is 10.2 Å². The third-order valence-electron chi connectivity index (χ3n) is 4.64. The summed E-state index contributed by atoms with van der Waals surface area (Å²) < 4.78 is 13.5. The van der Waals surface area contributed by atoms with Crippen molar-refractivity contribution < 1.29 is 9.47 Å². The number of benzene rings is 1. The van der Waals surface area contributed by atoms with Crippen LogP contribution < -0.4 is 0 Å². The molecule has 4 rings (SSSR count). The topological polar surface area (TPSA) is 49.2 Å². The molecular weight excluding hydrogens is 266 g/mol. The van der Waals surface area contributed by atoms with Crippen LogP contribution in [0.5, 0.6) is 0 Å². The van der Waals surface area contributed by atoms with E-state index in [1.54, 1.807) is 12.7 Å². The fourth-order valence-electron chi connectivity index (χ4n) is 3.43. The Kier molecular flexibility index (Phi) is 3.24. The lowest BCUT2D eigenvalue weighted by atomic mass is 9.81. The molecule has 1 saturated heterocycles. The van der Waals surface area contributed by atoms with Gasteiger partial charge in [-0.1, -0.05) is 12.1 Å².